The third-order valence-electron chi connectivity index (χ3n) is 3.14. The van der Waals surface area contributed by atoms with E-state index >= 15 is 0 Å². The van der Waals surface area contributed by atoms with Gasteiger partial charge in [0, 0.05) is 11.9 Å². The average molecular weight is 309 g/mol. The van der Waals surface area contributed by atoms with Crippen molar-refractivity contribution in [1.29, 1.82) is 0 Å². The zero-order valence-corrected chi connectivity index (χ0v) is 12.6. The second-order valence-electron chi connectivity index (χ2n) is 4.57. The van der Waals surface area contributed by atoms with Crippen LogP contribution in [0.15, 0.2) is 53.7 Å². The third kappa shape index (κ3) is 3.73. The number of aliphatic hydroxyl groups excluding tert-OH is 1. The fourth-order valence-electron chi connectivity index (χ4n) is 1.89. The van der Waals surface area contributed by atoms with E-state index in [0.29, 0.717) is 11.4 Å². The first-order valence-electron chi connectivity index (χ1n) is 6.34. The molecule has 0 bridgehead atoms. The van der Waals surface area contributed by atoms with Crippen molar-refractivity contribution < 1.29 is 5.11 Å². The van der Waals surface area contributed by atoms with Crippen molar-refractivity contribution >= 4 is 23.4 Å². The monoisotopic (exact) mass is 308 g/mol. The van der Waals surface area contributed by atoms with E-state index in [2.05, 4.69) is 4.98 Å². The van der Waals surface area contributed by atoms with Gasteiger partial charge in [-0.1, -0.05) is 41.9 Å². The highest BCUT2D eigenvalue weighted by Gasteiger charge is 2.26. The van der Waals surface area contributed by atoms with Gasteiger partial charge in [-0.3, -0.25) is 0 Å². The lowest BCUT2D eigenvalue weighted by molar-refractivity contribution is 0.193. The van der Waals surface area contributed by atoms with E-state index in [1.807, 2.05) is 36.4 Å². The molecule has 106 valence electrons. The molecule has 5 heteroatoms. The number of pyridine rings is 1. The van der Waals surface area contributed by atoms with Gasteiger partial charge < -0.3 is 10.8 Å². The topological polar surface area (TPSA) is 59.1 Å². The smallest absolute Gasteiger partial charge is 0.115 e. The maximum Gasteiger partial charge on any atom is 0.115 e. The highest BCUT2D eigenvalue weighted by atomic mass is 35.5. The van der Waals surface area contributed by atoms with Crippen molar-refractivity contribution in [2.45, 2.75) is 17.0 Å². The van der Waals surface area contributed by atoms with Crippen molar-refractivity contribution in [2.75, 3.05) is 12.4 Å². The van der Waals surface area contributed by atoms with Gasteiger partial charge in [-0.05, 0) is 24.1 Å². The Morgan fingerprint density at radius 3 is 2.60 bits per heavy atom. The van der Waals surface area contributed by atoms with Crippen molar-refractivity contribution in [3.05, 3.63) is 59.2 Å². The highest BCUT2D eigenvalue weighted by Crippen LogP contribution is 2.29. The molecule has 0 saturated carbocycles. The largest absolute Gasteiger partial charge is 0.394 e. The van der Waals surface area contributed by atoms with Crippen molar-refractivity contribution in [2.24, 2.45) is 5.73 Å². The summed E-state index contributed by atoms with van der Waals surface area (Å²) in [6.45, 7) is -0.0898. The number of aliphatic hydroxyl groups is 1. The summed E-state index contributed by atoms with van der Waals surface area (Å²) >= 11 is 7.61. The molecule has 0 aliphatic heterocycles. The molecule has 1 atom stereocenters. The van der Waals surface area contributed by atoms with Gasteiger partial charge in [0.1, 0.15) is 5.03 Å². The summed E-state index contributed by atoms with van der Waals surface area (Å²) < 4.78 is 0. The Hall–Kier alpha value is -1.07. The molecule has 0 fully saturated rings. The SMILES string of the molecule is NC(CO)(CCSc1ncccc1Cl)c1ccccc1. The molecule has 1 unspecified atom stereocenters. The number of rotatable bonds is 6. The second kappa shape index (κ2) is 7.09. The summed E-state index contributed by atoms with van der Waals surface area (Å²) in [6, 6.07) is 13.3. The minimum Gasteiger partial charge on any atom is -0.394 e. The standard InChI is InChI=1S/C15H17ClN2OS/c16-13-7-4-9-18-14(13)20-10-8-15(17,11-19)12-5-2-1-3-6-12/h1-7,9,19H,8,10-11,17H2. The van der Waals surface area contributed by atoms with Gasteiger partial charge in [0.05, 0.1) is 17.2 Å². The number of halogens is 1. The lowest BCUT2D eigenvalue weighted by Gasteiger charge is -2.27. The molecule has 0 amide bonds. The van der Waals surface area contributed by atoms with Crippen LogP contribution in [0.5, 0.6) is 0 Å². The zero-order chi connectivity index (χ0) is 14.4. The third-order valence-corrected chi connectivity index (χ3v) is 4.57. The number of thioether (sulfide) groups is 1. The number of hydrogen-bond acceptors (Lipinski definition) is 4. The first-order chi connectivity index (χ1) is 9.65. The quantitative estimate of drug-likeness (QED) is 0.805. The summed E-state index contributed by atoms with van der Waals surface area (Å²) in [5.41, 5.74) is 6.52. The Bertz CT molecular complexity index is 553. The maximum absolute atomic E-state index is 9.61. The van der Waals surface area contributed by atoms with Crippen molar-refractivity contribution in [1.82, 2.24) is 4.98 Å². The number of nitrogens with zero attached hydrogens (tertiary/aromatic N) is 1. The van der Waals surface area contributed by atoms with Gasteiger partial charge >= 0.3 is 0 Å². The van der Waals surface area contributed by atoms with E-state index in [-0.39, 0.29) is 6.61 Å². The Morgan fingerprint density at radius 2 is 1.95 bits per heavy atom. The summed E-state index contributed by atoms with van der Waals surface area (Å²) in [7, 11) is 0. The Kier molecular flexibility index (Phi) is 5.43. The normalized spacial score (nSPS) is 13.9. The number of aromatic nitrogens is 1. The van der Waals surface area contributed by atoms with E-state index in [1.165, 1.54) is 0 Å². The molecule has 2 aromatic rings. The van der Waals surface area contributed by atoms with Crippen molar-refractivity contribution in [3.63, 3.8) is 0 Å². The summed E-state index contributed by atoms with van der Waals surface area (Å²) in [4.78, 5) is 4.22. The lowest BCUT2D eigenvalue weighted by Crippen LogP contribution is -2.41. The van der Waals surface area contributed by atoms with Gasteiger partial charge in [-0.2, -0.15) is 0 Å². The first kappa shape index (κ1) is 15.3. The number of nitrogens with two attached hydrogens (primary N) is 1. The molecular formula is C15H17ClN2OS. The molecule has 3 nitrogen and oxygen atoms in total. The Labute approximate surface area is 128 Å². The second-order valence-corrected chi connectivity index (χ2v) is 6.06. The van der Waals surface area contributed by atoms with Crippen LogP contribution < -0.4 is 5.73 Å². The first-order valence-corrected chi connectivity index (χ1v) is 7.71. The molecular weight excluding hydrogens is 292 g/mol. The van der Waals surface area contributed by atoms with Crippen LogP contribution in [0.2, 0.25) is 5.02 Å². The van der Waals surface area contributed by atoms with Crippen LogP contribution in [-0.2, 0) is 5.54 Å². The molecule has 1 aromatic carbocycles. The number of hydrogen-bond donors (Lipinski definition) is 2. The molecule has 1 aromatic heterocycles. The van der Waals surface area contributed by atoms with Crippen LogP contribution in [-0.4, -0.2) is 22.5 Å². The fraction of sp³-hybridized carbons (Fsp3) is 0.267. The van der Waals surface area contributed by atoms with E-state index in [4.69, 9.17) is 17.3 Å². The molecule has 1 heterocycles. The van der Waals surface area contributed by atoms with Crippen LogP contribution in [0.1, 0.15) is 12.0 Å². The molecule has 3 N–H and O–H groups in total. The molecule has 0 aliphatic rings. The van der Waals surface area contributed by atoms with Crippen LogP contribution in [0, 0.1) is 0 Å². The van der Waals surface area contributed by atoms with Gasteiger partial charge in [-0.25, -0.2) is 4.98 Å². The minimum atomic E-state index is -0.727. The van der Waals surface area contributed by atoms with E-state index in [9.17, 15) is 5.11 Å². The van der Waals surface area contributed by atoms with Gasteiger partial charge in [0.25, 0.3) is 0 Å². The molecule has 0 saturated heterocycles. The molecule has 2 rings (SSSR count). The van der Waals surface area contributed by atoms with Crippen LogP contribution in [0.3, 0.4) is 0 Å². The van der Waals surface area contributed by atoms with Crippen LogP contribution in [0.4, 0.5) is 0 Å². The van der Waals surface area contributed by atoms with E-state index in [1.54, 1.807) is 24.0 Å². The summed E-state index contributed by atoms with van der Waals surface area (Å²) in [6.07, 6.45) is 2.36. The van der Waals surface area contributed by atoms with E-state index in [0.717, 1.165) is 16.3 Å². The van der Waals surface area contributed by atoms with Gasteiger partial charge in [0.15, 0.2) is 0 Å². The predicted molar refractivity (Wildman–Crippen MR) is 84.0 cm³/mol. The zero-order valence-electron chi connectivity index (χ0n) is 11.0. The maximum atomic E-state index is 9.61. The molecule has 0 radical (unpaired) electrons. The van der Waals surface area contributed by atoms with Gasteiger partial charge in [-0.15, -0.1) is 11.8 Å². The summed E-state index contributed by atoms with van der Waals surface area (Å²) in [5, 5.41) is 11.1. The van der Waals surface area contributed by atoms with E-state index < -0.39 is 5.54 Å². The van der Waals surface area contributed by atoms with Crippen LogP contribution >= 0.6 is 23.4 Å². The Morgan fingerprint density at radius 1 is 1.20 bits per heavy atom. The average Bonchev–Trinajstić information content (AvgIpc) is 2.50. The molecule has 20 heavy (non-hydrogen) atoms. The fourth-order valence-corrected chi connectivity index (χ4v) is 3.18. The molecule has 0 spiro atoms. The van der Waals surface area contributed by atoms with Crippen molar-refractivity contribution in [3.8, 4) is 0 Å². The van der Waals surface area contributed by atoms with Gasteiger partial charge in [0.2, 0.25) is 0 Å². The number of benzene rings is 1. The van der Waals surface area contributed by atoms with Crippen LogP contribution in [0.25, 0.3) is 0 Å². The Balaban J connectivity index is 2.00. The lowest BCUT2D eigenvalue weighted by atomic mass is 9.89. The minimum absolute atomic E-state index is 0.0898. The highest BCUT2D eigenvalue weighted by molar-refractivity contribution is 7.99. The summed E-state index contributed by atoms with van der Waals surface area (Å²) in [5.74, 6) is 0.739. The predicted octanol–water partition coefficient (Wildman–Crippen LogP) is 3.06. The molecule has 0 aliphatic carbocycles.